The van der Waals surface area contributed by atoms with E-state index in [4.69, 9.17) is 16.3 Å². The molecule has 1 aromatic heterocycles. The number of thiazole rings is 1. The van der Waals surface area contributed by atoms with E-state index in [0.29, 0.717) is 27.0 Å². The van der Waals surface area contributed by atoms with Crippen molar-refractivity contribution in [1.82, 2.24) is 4.98 Å². The number of aliphatic hydroxyl groups excluding tert-OH is 1. The zero-order chi connectivity index (χ0) is 24.7. The third kappa shape index (κ3) is 4.07. The van der Waals surface area contributed by atoms with Crippen molar-refractivity contribution in [3.63, 3.8) is 0 Å². The Balaban J connectivity index is 1.70. The Morgan fingerprint density at radius 1 is 1.11 bits per heavy atom. The predicted molar refractivity (Wildman–Crippen MR) is 138 cm³/mol. The molecule has 0 radical (unpaired) electrons. The third-order valence-electron chi connectivity index (χ3n) is 6.03. The van der Waals surface area contributed by atoms with Gasteiger partial charge in [-0.2, -0.15) is 0 Å². The minimum absolute atomic E-state index is 0.0177. The number of carbonyl (C=O) groups is 2. The zero-order valence-corrected chi connectivity index (χ0v) is 20.6. The number of aromatic nitrogens is 1. The van der Waals surface area contributed by atoms with Crippen LogP contribution in [0.3, 0.4) is 0 Å². The van der Waals surface area contributed by atoms with Gasteiger partial charge in [0.1, 0.15) is 11.5 Å². The number of carbonyl (C=O) groups excluding carboxylic acids is 2. The number of hydrogen-bond donors (Lipinski definition) is 1. The smallest absolute Gasteiger partial charge is 0.301 e. The fraction of sp³-hybridized carbons (Fsp3) is 0.148. The number of amides is 1. The van der Waals surface area contributed by atoms with E-state index in [1.54, 1.807) is 55.6 Å². The number of nitrogens with zero attached hydrogens (tertiary/aromatic N) is 2. The number of ether oxygens (including phenoxy) is 1. The molecule has 0 aliphatic carbocycles. The average Bonchev–Trinajstić information content (AvgIpc) is 3.41. The Bertz CT molecular complexity index is 1490. The summed E-state index contributed by atoms with van der Waals surface area (Å²) in [7, 11) is 1.54. The number of anilines is 1. The number of aliphatic hydroxyl groups is 1. The van der Waals surface area contributed by atoms with Crippen LogP contribution in [-0.2, 0) is 16.0 Å². The molecular formula is C27H21ClN2O4S. The first-order valence-electron chi connectivity index (χ1n) is 11.0. The maximum Gasteiger partial charge on any atom is 0.301 e. The molecule has 0 saturated carbocycles. The number of ketones is 1. The highest BCUT2D eigenvalue weighted by Crippen LogP contribution is 2.44. The molecule has 1 unspecified atom stereocenters. The van der Waals surface area contributed by atoms with Crippen molar-refractivity contribution >= 4 is 55.7 Å². The van der Waals surface area contributed by atoms with Crippen LogP contribution < -0.4 is 9.64 Å². The molecule has 0 bridgehead atoms. The van der Waals surface area contributed by atoms with Crippen molar-refractivity contribution in [3.05, 3.63) is 94.0 Å². The lowest BCUT2D eigenvalue weighted by atomic mass is 9.95. The Kier molecular flexibility index (Phi) is 6.05. The summed E-state index contributed by atoms with van der Waals surface area (Å²) in [5.74, 6) is -1.20. The summed E-state index contributed by atoms with van der Waals surface area (Å²) in [6.45, 7) is 2.07. The third-order valence-corrected chi connectivity index (χ3v) is 7.28. The van der Waals surface area contributed by atoms with Crippen LogP contribution in [0.15, 0.2) is 72.3 Å². The van der Waals surface area contributed by atoms with Crippen LogP contribution in [0.5, 0.6) is 5.75 Å². The molecule has 1 atom stereocenters. The van der Waals surface area contributed by atoms with E-state index in [1.807, 2.05) is 18.2 Å². The van der Waals surface area contributed by atoms with Gasteiger partial charge in [-0.05, 0) is 66.1 Å². The van der Waals surface area contributed by atoms with Gasteiger partial charge in [-0.3, -0.25) is 14.5 Å². The summed E-state index contributed by atoms with van der Waals surface area (Å²) < 4.78 is 6.11. The van der Waals surface area contributed by atoms with Crippen LogP contribution in [-0.4, -0.2) is 28.9 Å². The fourth-order valence-corrected chi connectivity index (χ4v) is 5.46. The van der Waals surface area contributed by atoms with Crippen LogP contribution in [0.4, 0.5) is 5.13 Å². The summed E-state index contributed by atoms with van der Waals surface area (Å²) >= 11 is 7.61. The average molecular weight is 505 g/mol. The van der Waals surface area contributed by atoms with Crippen molar-refractivity contribution in [1.29, 1.82) is 0 Å². The monoisotopic (exact) mass is 504 g/mol. The number of benzene rings is 3. The first-order chi connectivity index (χ1) is 16.9. The number of hydrogen-bond acceptors (Lipinski definition) is 6. The molecular weight excluding hydrogens is 484 g/mol. The van der Waals surface area contributed by atoms with E-state index < -0.39 is 17.7 Å². The SMILES string of the molecule is CCc1ccc2nc(N3C(=O)C(=O)C(=C(O)c4ccc(OC)cc4)C3c3cccc(Cl)c3)sc2c1. The summed E-state index contributed by atoms with van der Waals surface area (Å²) in [6, 6.07) is 18.6. The van der Waals surface area contributed by atoms with Crippen molar-refractivity contribution < 1.29 is 19.4 Å². The minimum Gasteiger partial charge on any atom is -0.507 e. The molecule has 6 nitrogen and oxygen atoms in total. The normalized spacial score (nSPS) is 17.3. The molecule has 0 spiro atoms. The Morgan fingerprint density at radius 3 is 2.57 bits per heavy atom. The summed E-state index contributed by atoms with van der Waals surface area (Å²) in [6.07, 6.45) is 0.873. The molecule has 5 rings (SSSR count). The van der Waals surface area contributed by atoms with Gasteiger partial charge >= 0.3 is 5.91 Å². The van der Waals surface area contributed by atoms with E-state index in [-0.39, 0.29) is 11.3 Å². The lowest BCUT2D eigenvalue weighted by Gasteiger charge is -2.23. The van der Waals surface area contributed by atoms with Crippen LogP contribution in [0.1, 0.15) is 29.7 Å². The number of aryl methyl sites for hydroxylation is 1. The Hall–Kier alpha value is -3.68. The molecule has 3 aromatic carbocycles. The summed E-state index contributed by atoms with van der Waals surface area (Å²) in [5.41, 5.74) is 2.87. The molecule has 8 heteroatoms. The Labute approximate surface area is 211 Å². The van der Waals surface area contributed by atoms with E-state index in [2.05, 4.69) is 11.9 Å². The summed E-state index contributed by atoms with van der Waals surface area (Å²) in [5, 5.41) is 12.1. The minimum atomic E-state index is -0.887. The Morgan fingerprint density at radius 2 is 1.89 bits per heavy atom. The molecule has 4 aromatic rings. The second-order valence-corrected chi connectivity index (χ2v) is 9.55. The lowest BCUT2D eigenvalue weighted by molar-refractivity contribution is -0.132. The molecule has 1 aliphatic heterocycles. The van der Waals surface area contributed by atoms with Crippen molar-refractivity contribution in [2.24, 2.45) is 0 Å². The number of rotatable bonds is 5. The molecule has 1 saturated heterocycles. The number of halogens is 1. The molecule has 35 heavy (non-hydrogen) atoms. The number of Topliss-reactive ketones (excluding diaryl/α,β-unsaturated/α-hetero) is 1. The molecule has 1 fully saturated rings. The van der Waals surface area contributed by atoms with Gasteiger partial charge in [-0.15, -0.1) is 0 Å². The largest absolute Gasteiger partial charge is 0.507 e. The van der Waals surface area contributed by atoms with E-state index in [0.717, 1.165) is 22.2 Å². The second kappa shape index (κ2) is 9.17. The van der Waals surface area contributed by atoms with Crippen LogP contribution in [0.25, 0.3) is 16.0 Å². The molecule has 1 aliphatic rings. The number of fused-ring (bicyclic) bond motifs is 1. The van der Waals surface area contributed by atoms with Gasteiger partial charge in [0.05, 0.1) is 28.9 Å². The molecule has 176 valence electrons. The van der Waals surface area contributed by atoms with Crippen LogP contribution in [0.2, 0.25) is 5.02 Å². The van der Waals surface area contributed by atoms with Crippen molar-refractivity contribution in [3.8, 4) is 5.75 Å². The quantitative estimate of drug-likeness (QED) is 0.200. The predicted octanol–water partition coefficient (Wildman–Crippen LogP) is 6.15. The topological polar surface area (TPSA) is 79.7 Å². The van der Waals surface area contributed by atoms with Gasteiger partial charge in [-0.25, -0.2) is 4.98 Å². The molecule has 2 heterocycles. The molecule has 1 N–H and O–H groups in total. The van der Waals surface area contributed by atoms with Crippen LogP contribution >= 0.6 is 22.9 Å². The lowest BCUT2D eigenvalue weighted by Crippen LogP contribution is -2.29. The molecule has 1 amide bonds. The second-order valence-electron chi connectivity index (χ2n) is 8.10. The zero-order valence-electron chi connectivity index (χ0n) is 19.0. The standard InChI is InChI=1S/C27H21ClN2O4S/c1-3-15-7-12-20-21(13-15)35-27(29-20)30-23(17-5-4-6-18(28)14-17)22(25(32)26(30)33)24(31)16-8-10-19(34-2)11-9-16/h4-14,23,31H,3H2,1-2H3. The maximum atomic E-state index is 13.4. The van der Waals surface area contributed by atoms with E-state index in [1.165, 1.54) is 16.2 Å². The van der Waals surface area contributed by atoms with E-state index >= 15 is 0 Å². The van der Waals surface area contributed by atoms with Gasteiger partial charge < -0.3 is 9.84 Å². The fourth-order valence-electron chi connectivity index (χ4n) is 4.21. The van der Waals surface area contributed by atoms with Crippen molar-refractivity contribution in [2.45, 2.75) is 19.4 Å². The highest BCUT2D eigenvalue weighted by atomic mass is 35.5. The van der Waals surface area contributed by atoms with Gasteiger partial charge in [-0.1, -0.05) is 48.1 Å². The van der Waals surface area contributed by atoms with Gasteiger partial charge in [0.25, 0.3) is 5.78 Å². The van der Waals surface area contributed by atoms with Crippen molar-refractivity contribution in [2.75, 3.05) is 12.0 Å². The first kappa shape index (κ1) is 23.1. The highest BCUT2D eigenvalue weighted by molar-refractivity contribution is 7.22. The van der Waals surface area contributed by atoms with Gasteiger partial charge in [0.15, 0.2) is 5.13 Å². The first-order valence-corrected chi connectivity index (χ1v) is 12.2. The van der Waals surface area contributed by atoms with Gasteiger partial charge in [0.2, 0.25) is 0 Å². The van der Waals surface area contributed by atoms with Gasteiger partial charge in [0, 0.05) is 10.6 Å². The number of methoxy groups -OCH3 is 1. The van der Waals surface area contributed by atoms with Crippen LogP contribution in [0, 0.1) is 0 Å². The highest BCUT2D eigenvalue weighted by Gasteiger charge is 2.48. The summed E-state index contributed by atoms with van der Waals surface area (Å²) in [4.78, 5) is 32.7. The van der Waals surface area contributed by atoms with E-state index in [9.17, 15) is 14.7 Å². The maximum absolute atomic E-state index is 13.4.